The number of ether oxygens (including phenoxy) is 2. The molecular formula is C27H26Cl2N4O4. The SMILES string of the molecule is O=C(O)CCOC[C@@H]1C[C@@H](OCc2ccccc2)CN1c1cc(-n2ccnc2)c2ccc(Cl)c(Cl)c2n1. The number of anilines is 1. The topological polar surface area (TPSA) is 89.7 Å². The Bertz CT molecular complexity index is 1370. The van der Waals surface area contributed by atoms with Crippen LogP contribution < -0.4 is 4.90 Å². The summed E-state index contributed by atoms with van der Waals surface area (Å²) in [5, 5.41) is 10.6. The zero-order valence-corrected chi connectivity index (χ0v) is 21.5. The zero-order valence-electron chi connectivity index (χ0n) is 20.0. The Morgan fingerprint density at radius 2 is 2.00 bits per heavy atom. The highest BCUT2D eigenvalue weighted by atomic mass is 35.5. The molecule has 2 aromatic carbocycles. The molecule has 10 heteroatoms. The molecule has 1 saturated heterocycles. The lowest BCUT2D eigenvalue weighted by atomic mass is 10.1. The van der Waals surface area contributed by atoms with Crippen LogP contribution in [0.1, 0.15) is 18.4 Å². The van der Waals surface area contributed by atoms with E-state index in [1.165, 1.54) is 0 Å². The normalized spacial score (nSPS) is 17.5. The molecule has 1 fully saturated rings. The van der Waals surface area contributed by atoms with E-state index in [1.54, 1.807) is 18.6 Å². The Labute approximate surface area is 224 Å². The van der Waals surface area contributed by atoms with Crippen LogP contribution in [0.25, 0.3) is 16.6 Å². The molecule has 2 aromatic heterocycles. The summed E-state index contributed by atoms with van der Waals surface area (Å²) in [5.41, 5.74) is 2.56. The van der Waals surface area contributed by atoms with E-state index >= 15 is 0 Å². The van der Waals surface area contributed by atoms with E-state index in [4.69, 9.17) is 42.8 Å². The van der Waals surface area contributed by atoms with Gasteiger partial charge in [0.1, 0.15) is 5.82 Å². The van der Waals surface area contributed by atoms with Gasteiger partial charge in [0, 0.05) is 30.4 Å². The predicted octanol–water partition coefficient (Wildman–Crippen LogP) is 5.38. The molecule has 1 N–H and O–H groups in total. The third-order valence-corrected chi connectivity index (χ3v) is 7.18. The van der Waals surface area contributed by atoms with Crippen LogP contribution in [-0.4, -0.2) is 57.5 Å². The summed E-state index contributed by atoms with van der Waals surface area (Å²) in [6.45, 7) is 1.59. The van der Waals surface area contributed by atoms with Crippen LogP contribution in [0.4, 0.5) is 5.82 Å². The van der Waals surface area contributed by atoms with Gasteiger partial charge in [-0.3, -0.25) is 4.79 Å². The number of fused-ring (bicyclic) bond motifs is 1. The van der Waals surface area contributed by atoms with Crippen molar-refractivity contribution in [2.45, 2.75) is 31.6 Å². The fraction of sp³-hybridized carbons (Fsp3) is 0.296. The molecule has 4 aromatic rings. The fourth-order valence-electron chi connectivity index (χ4n) is 4.57. The van der Waals surface area contributed by atoms with Crippen LogP contribution in [0, 0.1) is 0 Å². The number of carbonyl (C=O) groups is 1. The minimum atomic E-state index is -0.889. The van der Waals surface area contributed by atoms with Crippen LogP contribution in [0.15, 0.2) is 67.3 Å². The number of rotatable bonds is 10. The molecular weight excluding hydrogens is 515 g/mol. The van der Waals surface area contributed by atoms with Crippen LogP contribution in [0.5, 0.6) is 0 Å². The van der Waals surface area contributed by atoms with E-state index in [1.807, 2.05) is 53.2 Å². The summed E-state index contributed by atoms with van der Waals surface area (Å²) >= 11 is 13.0. The Morgan fingerprint density at radius 1 is 1.16 bits per heavy atom. The molecule has 0 amide bonds. The third kappa shape index (κ3) is 5.88. The first-order valence-electron chi connectivity index (χ1n) is 12.0. The number of nitrogens with zero attached hydrogens (tertiary/aromatic N) is 4. The fourth-order valence-corrected chi connectivity index (χ4v) is 4.92. The summed E-state index contributed by atoms with van der Waals surface area (Å²) < 4.78 is 13.9. The molecule has 1 aliphatic rings. The van der Waals surface area contributed by atoms with Crippen LogP contribution in [-0.2, 0) is 20.9 Å². The molecule has 3 heterocycles. The molecule has 37 heavy (non-hydrogen) atoms. The molecule has 8 nitrogen and oxygen atoms in total. The van der Waals surface area contributed by atoms with E-state index in [0.29, 0.717) is 47.6 Å². The molecule has 0 radical (unpaired) electrons. The number of benzene rings is 2. The number of halogens is 2. The highest BCUT2D eigenvalue weighted by Crippen LogP contribution is 2.36. The predicted molar refractivity (Wildman–Crippen MR) is 143 cm³/mol. The Balaban J connectivity index is 1.46. The van der Waals surface area contributed by atoms with Gasteiger partial charge >= 0.3 is 5.97 Å². The summed E-state index contributed by atoms with van der Waals surface area (Å²) in [5.74, 6) is -0.182. The van der Waals surface area contributed by atoms with Gasteiger partial charge < -0.3 is 24.0 Å². The Hall–Kier alpha value is -3.17. The molecule has 0 bridgehead atoms. The van der Waals surface area contributed by atoms with Crippen molar-refractivity contribution in [3.05, 3.63) is 82.9 Å². The Kier molecular flexibility index (Phi) is 7.90. The van der Waals surface area contributed by atoms with Gasteiger partial charge in [-0.25, -0.2) is 9.97 Å². The molecule has 0 saturated carbocycles. The minimum Gasteiger partial charge on any atom is -0.481 e. The lowest BCUT2D eigenvalue weighted by molar-refractivity contribution is -0.138. The van der Waals surface area contributed by atoms with Crippen LogP contribution >= 0.6 is 23.2 Å². The minimum absolute atomic E-state index is 0.0479. The highest BCUT2D eigenvalue weighted by Gasteiger charge is 2.34. The van der Waals surface area contributed by atoms with E-state index < -0.39 is 5.97 Å². The number of hydrogen-bond donors (Lipinski definition) is 1. The van der Waals surface area contributed by atoms with Crippen LogP contribution in [0.2, 0.25) is 10.0 Å². The number of carboxylic acids is 1. The van der Waals surface area contributed by atoms with Crippen molar-refractivity contribution in [3.8, 4) is 5.69 Å². The van der Waals surface area contributed by atoms with Crippen LogP contribution in [0.3, 0.4) is 0 Å². The second-order valence-electron chi connectivity index (χ2n) is 8.91. The first kappa shape index (κ1) is 25.5. The van der Waals surface area contributed by atoms with Gasteiger partial charge in [0.15, 0.2) is 0 Å². The van der Waals surface area contributed by atoms with Crippen molar-refractivity contribution in [2.24, 2.45) is 0 Å². The van der Waals surface area contributed by atoms with Gasteiger partial charge in [-0.15, -0.1) is 0 Å². The van der Waals surface area contributed by atoms with E-state index in [2.05, 4.69) is 9.88 Å². The van der Waals surface area contributed by atoms with Crippen molar-refractivity contribution in [1.29, 1.82) is 0 Å². The second kappa shape index (κ2) is 11.5. The quantitative estimate of drug-likeness (QED) is 0.270. The average molecular weight is 541 g/mol. The van der Waals surface area contributed by atoms with Crippen molar-refractivity contribution in [3.63, 3.8) is 0 Å². The lowest BCUT2D eigenvalue weighted by Gasteiger charge is -2.26. The lowest BCUT2D eigenvalue weighted by Crippen LogP contribution is -2.34. The summed E-state index contributed by atoms with van der Waals surface area (Å²) in [4.78, 5) is 22.2. The molecule has 0 aliphatic carbocycles. The van der Waals surface area contributed by atoms with Crippen molar-refractivity contribution < 1.29 is 19.4 Å². The standard InChI is InChI=1S/C27H26Cl2N4O4/c28-22-7-6-21-23(32-10-9-30-17-32)13-24(31-27(21)26(22)29)33-14-20(37-15-18-4-2-1-3-5-18)12-19(33)16-36-11-8-25(34)35/h1-7,9-10,13,17,19-20H,8,11-12,14-16H2,(H,34,35)/t19-,20+/m0/s1. The number of imidazole rings is 1. The third-order valence-electron chi connectivity index (χ3n) is 6.39. The maximum Gasteiger partial charge on any atom is 0.305 e. The number of hydrogen-bond acceptors (Lipinski definition) is 6. The summed E-state index contributed by atoms with van der Waals surface area (Å²) in [6, 6.07) is 15.6. The zero-order chi connectivity index (χ0) is 25.8. The molecule has 1 aliphatic heterocycles. The maximum absolute atomic E-state index is 10.9. The first-order valence-corrected chi connectivity index (χ1v) is 12.7. The average Bonchev–Trinajstić information content (AvgIpc) is 3.58. The van der Waals surface area contributed by atoms with Crippen molar-refractivity contribution in [2.75, 3.05) is 24.7 Å². The van der Waals surface area contributed by atoms with Gasteiger partial charge in [0.2, 0.25) is 0 Å². The Morgan fingerprint density at radius 3 is 2.76 bits per heavy atom. The monoisotopic (exact) mass is 540 g/mol. The first-order chi connectivity index (χ1) is 18.0. The van der Waals surface area contributed by atoms with E-state index in [0.717, 1.165) is 16.6 Å². The van der Waals surface area contributed by atoms with Gasteiger partial charge in [0.25, 0.3) is 0 Å². The number of aromatic nitrogens is 3. The molecule has 0 spiro atoms. The number of pyridine rings is 1. The molecule has 2 atom stereocenters. The van der Waals surface area contributed by atoms with Gasteiger partial charge in [-0.2, -0.15) is 0 Å². The second-order valence-corrected chi connectivity index (χ2v) is 9.69. The summed E-state index contributed by atoms with van der Waals surface area (Å²) in [6.07, 6.45) is 5.91. The van der Waals surface area contributed by atoms with Gasteiger partial charge in [-0.1, -0.05) is 53.5 Å². The number of carboxylic acid groups (broad SMARTS) is 1. The number of aliphatic carboxylic acids is 1. The highest BCUT2D eigenvalue weighted by molar-refractivity contribution is 6.45. The van der Waals surface area contributed by atoms with Gasteiger partial charge in [-0.05, 0) is 24.1 Å². The maximum atomic E-state index is 10.9. The van der Waals surface area contributed by atoms with Crippen molar-refractivity contribution in [1.82, 2.24) is 14.5 Å². The molecule has 0 unspecified atom stereocenters. The van der Waals surface area contributed by atoms with E-state index in [-0.39, 0.29) is 25.2 Å². The molecule has 192 valence electrons. The van der Waals surface area contributed by atoms with E-state index in [9.17, 15) is 4.79 Å². The largest absolute Gasteiger partial charge is 0.481 e. The summed E-state index contributed by atoms with van der Waals surface area (Å²) in [7, 11) is 0. The smallest absolute Gasteiger partial charge is 0.305 e. The van der Waals surface area contributed by atoms with Gasteiger partial charge in [0.05, 0.1) is 66.0 Å². The molecule has 5 rings (SSSR count). The van der Waals surface area contributed by atoms with Crippen molar-refractivity contribution >= 4 is 45.9 Å².